The van der Waals surface area contributed by atoms with E-state index in [2.05, 4.69) is 15.8 Å². The van der Waals surface area contributed by atoms with E-state index in [1.54, 1.807) is 67.6 Å². The molecular weight excluding hydrogens is 571 g/mol. The highest BCUT2D eigenvalue weighted by molar-refractivity contribution is 7.92. The van der Waals surface area contributed by atoms with Gasteiger partial charge < -0.3 is 5.32 Å². The number of benzene rings is 4. The lowest BCUT2D eigenvalue weighted by atomic mass is 10.1. The number of nitrogens with one attached hydrogen (secondary N) is 2. The fourth-order valence-electron chi connectivity index (χ4n) is 3.67. The molecule has 0 saturated carbocycles. The molecule has 0 aliphatic rings. The molecule has 2 amide bonds. The van der Waals surface area contributed by atoms with Crippen LogP contribution >= 0.6 is 23.2 Å². The molecule has 11 heteroatoms. The normalized spacial score (nSPS) is 11.5. The molecule has 0 radical (unpaired) electrons. The van der Waals surface area contributed by atoms with Gasteiger partial charge in [-0.05, 0) is 79.2 Å². The summed E-state index contributed by atoms with van der Waals surface area (Å²) in [6.07, 6.45) is 0. The lowest BCUT2D eigenvalue weighted by Gasteiger charge is -2.24. The predicted octanol–water partition coefficient (Wildman–Crippen LogP) is 5.98. The molecule has 0 atom stereocenters. The minimum Gasteiger partial charge on any atom is -0.322 e. The van der Waals surface area contributed by atoms with Gasteiger partial charge in [-0.3, -0.25) is 13.9 Å². The van der Waals surface area contributed by atoms with Gasteiger partial charge in [-0.25, -0.2) is 13.8 Å². The summed E-state index contributed by atoms with van der Waals surface area (Å²) >= 11 is 12.0. The topological polar surface area (TPSA) is 108 Å². The lowest BCUT2D eigenvalue weighted by molar-refractivity contribution is -0.119. The first kappa shape index (κ1) is 28.8. The van der Waals surface area contributed by atoms with Crippen molar-refractivity contribution in [2.45, 2.75) is 11.8 Å². The monoisotopic (exact) mass is 594 g/mol. The van der Waals surface area contributed by atoms with Crippen molar-refractivity contribution in [2.75, 3.05) is 16.2 Å². The van der Waals surface area contributed by atoms with Crippen molar-refractivity contribution in [1.82, 2.24) is 5.43 Å². The zero-order chi connectivity index (χ0) is 28.7. The van der Waals surface area contributed by atoms with Crippen LogP contribution in [0.2, 0.25) is 10.0 Å². The van der Waals surface area contributed by atoms with Crippen molar-refractivity contribution in [2.24, 2.45) is 5.10 Å². The molecular formula is C29H24Cl2N4O4S. The van der Waals surface area contributed by atoms with E-state index in [4.69, 9.17) is 23.2 Å². The van der Waals surface area contributed by atoms with E-state index in [1.165, 1.54) is 36.4 Å². The number of hydrazone groups is 1. The van der Waals surface area contributed by atoms with E-state index in [0.717, 1.165) is 4.31 Å². The van der Waals surface area contributed by atoms with Gasteiger partial charge in [-0.2, -0.15) is 5.10 Å². The third-order valence-electron chi connectivity index (χ3n) is 5.71. The third-order valence-corrected chi connectivity index (χ3v) is 7.98. The Labute approximate surface area is 242 Å². The second kappa shape index (κ2) is 12.8. The van der Waals surface area contributed by atoms with Crippen molar-refractivity contribution < 1.29 is 18.0 Å². The molecule has 0 saturated heterocycles. The molecule has 2 N–H and O–H groups in total. The number of carbonyl (C=O) groups excluding carboxylic acids is 2. The number of carbonyl (C=O) groups is 2. The molecule has 0 heterocycles. The van der Waals surface area contributed by atoms with Gasteiger partial charge in [-0.15, -0.1) is 0 Å². The second-order valence-electron chi connectivity index (χ2n) is 8.58. The summed E-state index contributed by atoms with van der Waals surface area (Å²) in [5.74, 6) is -0.936. The van der Waals surface area contributed by atoms with Crippen LogP contribution in [0.1, 0.15) is 22.8 Å². The van der Waals surface area contributed by atoms with Crippen molar-refractivity contribution in [1.29, 1.82) is 0 Å². The van der Waals surface area contributed by atoms with E-state index in [0.29, 0.717) is 32.6 Å². The molecule has 0 fully saturated rings. The maximum Gasteiger partial charge on any atom is 0.264 e. The number of anilines is 2. The molecule has 40 heavy (non-hydrogen) atoms. The number of sulfonamides is 1. The SMILES string of the molecule is C/C(=N/NC(=O)CN(c1cccc(Cl)c1)S(=O)(=O)c1ccc(Cl)cc1)c1cccc(NC(=O)c2ccccc2)c1. The van der Waals surface area contributed by atoms with E-state index >= 15 is 0 Å². The Morgan fingerprint density at radius 1 is 0.800 bits per heavy atom. The van der Waals surface area contributed by atoms with Gasteiger partial charge in [0.25, 0.3) is 21.8 Å². The van der Waals surface area contributed by atoms with Gasteiger partial charge in [0.2, 0.25) is 0 Å². The quantitative estimate of drug-likeness (QED) is 0.183. The van der Waals surface area contributed by atoms with Crippen molar-refractivity contribution >= 4 is 62.1 Å². The minimum absolute atomic E-state index is 0.0428. The van der Waals surface area contributed by atoms with Crippen LogP contribution in [0.25, 0.3) is 0 Å². The highest BCUT2D eigenvalue weighted by Gasteiger charge is 2.27. The Morgan fingerprint density at radius 3 is 2.17 bits per heavy atom. The van der Waals surface area contributed by atoms with Crippen LogP contribution in [0, 0.1) is 0 Å². The number of rotatable bonds is 9. The van der Waals surface area contributed by atoms with Crippen LogP contribution in [0.5, 0.6) is 0 Å². The summed E-state index contributed by atoms with van der Waals surface area (Å²) in [6.45, 7) is 1.12. The smallest absolute Gasteiger partial charge is 0.264 e. The van der Waals surface area contributed by atoms with Crippen LogP contribution in [-0.4, -0.2) is 32.5 Å². The molecule has 0 unspecified atom stereocenters. The molecule has 4 aromatic carbocycles. The first-order valence-corrected chi connectivity index (χ1v) is 14.2. The molecule has 0 aliphatic heterocycles. The highest BCUT2D eigenvalue weighted by Crippen LogP contribution is 2.26. The van der Waals surface area contributed by atoms with Gasteiger partial charge in [0, 0.05) is 21.3 Å². The molecule has 0 bridgehead atoms. The third kappa shape index (κ3) is 7.26. The zero-order valence-electron chi connectivity index (χ0n) is 21.2. The van der Waals surface area contributed by atoms with Crippen molar-refractivity contribution in [3.05, 3.63) is 124 Å². The van der Waals surface area contributed by atoms with Crippen molar-refractivity contribution in [3.63, 3.8) is 0 Å². The molecule has 204 valence electrons. The predicted molar refractivity (Wildman–Crippen MR) is 159 cm³/mol. The standard InChI is InChI=1S/C29H24Cl2N4O4S/c1-20(22-9-5-11-25(17-22)32-29(37)21-7-3-2-4-8-21)33-34-28(36)19-35(26-12-6-10-24(31)18-26)40(38,39)27-15-13-23(30)14-16-27/h2-18H,19H2,1H3,(H,32,37)(H,34,36)/b33-20-. The maximum absolute atomic E-state index is 13.5. The number of amides is 2. The van der Waals surface area contributed by atoms with E-state index in [1.807, 2.05) is 6.07 Å². The average Bonchev–Trinajstić information content (AvgIpc) is 2.95. The van der Waals surface area contributed by atoms with Gasteiger partial charge in [0.05, 0.1) is 16.3 Å². The molecule has 0 aliphatic carbocycles. The van der Waals surface area contributed by atoms with Crippen LogP contribution in [-0.2, 0) is 14.8 Å². The minimum atomic E-state index is -4.15. The van der Waals surface area contributed by atoms with Crippen LogP contribution in [0.3, 0.4) is 0 Å². The number of nitrogens with zero attached hydrogens (tertiary/aromatic N) is 2. The first-order valence-electron chi connectivity index (χ1n) is 12.0. The van der Waals surface area contributed by atoms with E-state index in [-0.39, 0.29) is 16.5 Å². The van der Waals surface area contributed by atoms with Crippen LogP contribution < -0.4 is 15.0 Å². The molecule has 0 spiro atoms. The maximum atomic E-state index is 13.5. The summed E-state index contributed by atoms with van der Waals surface area (Å²) in [4.78, 5) is 25.4. The van der Waals surface area contributed by atoms with E-state index < -0.39 is 22.5 Å². The molecule has 8 nitrogen and oxygen atoms in total. The summed E-state index contributed by atoms with van der Waals surface area (Å²) in [6, 6.07) is 27.6. The lowest BCUT2D eigenvalue weighted by Crippen LogP contribution is -2.39. The van der Waals surface area contributed by atoms with Gasteiger partial charge >= 0.3 is 0 Å². The number of halogens is 2. The Hall–Kier alpha value is -4.18. The fourth-order valence-corrected chi connectivity index (χ4v) is 5.39. The van der Waals surface area contributed by atoms with Gasteiger partial charge in [0.15, 0.2) is 0 Å². The van der Waals surface area contributed by atoms with Crippen LogP contribution in [0.15, 0.2) is 113 Å². The largest absolute Gasteiger partial charge is 0.322 e. The Bertz CT molecular complexity index is 1660. The van der Waals surface area contributed by atoms with Gasteiger partial charge in [0.1, 0.15) is 6.54 Å². The summed E-state index contributed by atoms with van der Waals surface area (Å²) in [7, 11) is -4.15. The summed E-state index contributed by atoms with van der Waals surface area (Å²) in [5.41, 5.74) is 4.78. The van der Waals surface area contributed by atoms with Gasteiger partial charge in [-0.1, -0.05) is 59.6 Å². The number of hydrogen-bond donors (Lipinski definition) is 2. The van der Waals surface area contributed by atoms with Crippen molar-refractivity contribution in [3.8, 4) is 0 Å². The Balaban J connectivity index is 1.51. The highest BCUT2D eigenvalue weighted by atomic mass is 35.5. The number of hydrogen-bond acceptors (Lipinski definition) is 5. The fraction of sp³-hybridized carbons (Fsp3) is 0.0690. The Morgan fingerprint density at radius 2 is 1.48 bits per heavy atom. The zero-order valence-corrected chi connectivity index (χ0v) is 23.5. The van der Waals surface area contributed by atoms with E-state index in [9.17, 15) is 18.0 Å². The molecule has 4 rings (SSSR count). The molecule has 0 aromatic heterocycles. The van der Waals surface area contributed by atoms with Crippen LogP contribution in [0.4, 0.5) is 11.4 Å². The molecule has 4 aromatic rings. The Kier molecular flexibility index (Phi) is 9.21. The summed E-state index contributed by atoms with van der Waals surface area (Å²) in [5, 5.41) is 7.65. The first-order chi connectivity index (χ1) is 19.1. The second-order valence-corrected chi connectivity index (χ2v) is 11.3. The summed E-state index contributed by atoms with van der Waals surface area (Å²) < 4.78 is 27.9. The average molecular weight is 596 g/mol.